The van der Waals surface area contributed by atoms with Crippen LogP contribution < -0.4 is 0 Å². The van der Waals surface area contributed by atoms with Crippen molar-refractivity contribution in [2.45, 2.75) is 19.0 Å². The second kappa shape index (κ2) is 7.60. The average molecular weight is 372 g/mol. The molecule has 0 unspecified atom stereocenters. The van der Waals surface area contributed by atoms with Gasteiger partial charge >= 0.3 is 15.6 Å². The molecule has 0 aromatic heterocycles. The lowest BCUT2D eigenvalue weighted by molar-refractivity contribution is -0.0510. The molecule has 0 aliphatic carbocycles. The van der Waals surface area contributed by atoms with E-state index in [1.165, 1.54) is 12.1 Å². The number of hydrogen-bond donors (Lipinski definition) is 0. The summed E-state index contributed by atoms with van der Waals surface area (Å²) in [5.41, 5.74) is -3.77. The maximum absolute atomic E-state index is 12.6. The maximum Gasteiger partial charge on any atom is 0.534 e. The normalized spacial score (nSPS) is 12.7. The molecular weight excluding hydrogens is 357 g/mol. The molecule has 0 amide bonds. The Kier molecular flexibility index (Phi) is 5.73. The van der Waals surface area contributed by atoms with Gasteiger partial charge in [-0.05, 0) is 12.5 Å². The Morgan fingerprint density at radius 3 is 2.20 bits per heavy atom. The molecule has 25 heavy (non-hydrogen) atoms. The molecule has 2 rings (SSSR count). The van der Waals surface area contributed by atoms with E-state index in [-0.39, 0.29) is 12.2 Å². The van der Waals surface area contributed by atoms with Gasteiger partial charge in [0.2, 0.25) is 0 Å². The van der Waals surface area contributed by atoms with Crippen molar-refractivity contribution in [3.8, 4) is 0 Å². The number of halogens is 3. The molecule has 0 aliphatic rings. The minimum atomic E-state index is -5.80. The molecule has 0 saturated heterocycles. The van der Waals surface area contributed by atoms with Gasteiger partial charge in [-0.3, -0.25) is 0 Å². The molecule has 0 heterocycles. The quantitative estimate of drug-likeness (QED) is 0.429. The lowest BCUT2D eigenvalue weighted by Crippen LogP contribution is -2.25. The molecule has 2 aromatic rings. The molecule has 0 saturated carbocycles. The third kappa shape index (κ3) is 5.25. The molecule has 0 atom stereocenters. The predicted molar refractivity (Wildman–Crippen MR) is 86.4 cm³/mol. The predicted octanol–water partition coefficient (Wildman–Crippen LogP) is 4.38. The van der Waals surface area contributed by atoms with Crippen LogP contribution in [0.4, 0.5) is 13.2 Å². The van der Waals surface area contributed by atoms with Crippen molar-refractivity contribution in [1.82, 2.24) is 0 Å². The van der Waals surface area contributed by atoms with Crippen molar-refractivity contribution < 1.29 is 30.5 Å². The smallest absolute Gasteiger partial charge is 0.493 e. The molecule has 2 aromatic carbocycles. The fraction of sp³-hybridized carbons (Fsp3) is 0.176. The van der Waals surface area contributed by atoms with Gasteiger partial charge in [0.25, 0.3) is 0 Å². The first kappa shape index (κ1) is 18.9. The van der Waals surface area contributed by atoms with Crippen LogP contribution in [0.3, 0.4) is 0 Å². The summed E-state index contributed by atoms with van der Waals surface area (Å²) in [6.45, 7) is 1.83. The average Bonchev–Trinajstić information content (AvgIpc) is 2.54. The Bertz CT molecular complexity index is 826. The van der Waals surface area contributed by atoms with Crippen molar-refractivity contribution >= 4 is 15.9 Å². The first-order valence-corrected chi connectivity index (χ1v) is 8.53. The second-order valence-electron chi connectivity index (χ2n) is 5.13. The van der Waals surface area contributed by atoms with E-state index in [1.807, 2.05) is 0 Å². The third-order valence-corrected chi connectivity index (χ3v) is 4.07. The van der Waals surface area contributed by atoms with E-state index >= 15 is 0 Å². The van der Waals surface area contributed by atoms with Crippen LogP contribution in [0.5, 0.6) is 0 Å². The summed E-state index contributed by atoms with van der Waals surface area (Å²) in [7, 11) is -5.80. The van der Waals surface area contributed by atoms with Crippen LogP contribution in [0.2, 0.25) is 0 Å². The monoisotopic (exact) mass is 372 g/mol. The van der Waals surface area contributed by atoms with Crippen LogP contribution in [0, 0.1) is 6.92 Å². The van der Waals surface area contributed by atoms with Gasteiger partial charge in [-0.15, -0.1) is 0 Å². The largest absolute Gasteiger partial charge is 0.534 e. The van der Waals surface area contributed by atoms with Gasteiger partial charge in [-0.2, -0.15) is 21.6 Å². The van der Waals surface area contributed by atoms with Gasteiger partial charge in [0.15, 0.2) is 5.76 Å². The molecule has 0 fully saturated rings. The van der Waals surface area contributed by atoms with E-state index < -0.39 is 21.4 Å². The highest BCUT2D eigenvalue weighted by molar-refractivity contribution is 7.87. The van der Waals surface area contributed by atoms with Crippen LogP contribution in [0.25, 0.3) is 5.76 Å². The molecule has 0 bridgehead atoms. The number of aryl methyl sites for hydroxylation is 1. The SMILES string of the molecule is Cc1ccc(/C(=C/OCc2ccccc2)OS(=O)(=O)C(F)(F)F)cc1. The van der Waals surface area contributed by atoms with Gasteiger partial charge in [0, 0.05) is 5.56 Å². The molecule has 8 heteroatoms. The van der Waals surface area contributed by atoms with E-state index in [1.54, 1.807) is 49.4 Å². The Balaban J connectivity index is 2.25. The fourth-order valence-corrected chi connectivity index (χ4v) is 2.27. The number of rotatable bonds is 6. The first-order chi connectivity index (χ1) is 11.7. The summed E-state index contributed by atoms with van der Waals surface area (Å²) in [4.78, 5) is 0. The Labute approximate surface area is 143 Å². The summed E-state index contributed by atoms with van der Waals surface area (Å²) in [5, 5.41) is 0. The lowest BCUT2D eigenvalue weighted by Gasteiger charge is -2.13. The molecule has 134 valence electrons. The summed E-state index contributed by atoms with van der Waals surface area (Å²) >= 11 is 0. The summed E-state index contributed by atoms with van der Waals surface area (Å²) < 4.78 is 69.8. The zero-order valence-corrected chi connectivity index (χ0v) is 14.0. The lowest BCUT2D eigenvalue weighted by atomic mass is 10.1. The highest BCUT2D eigenvalue weighted by atomic mass is 32.2. The maximum atomic E-state index is 12.6. The van der Waals surface area contributed by atoms with Crippen molar-refractivity contribution in [2.75, 3.05) is 0 Å². The Hall–Kier alpha value is -2.48. The van der Waals surface area contributed by atoms with Gasteiger partial charge in [-0.1, -0.05) is 60.2 Å². The molecule has 0 radical (unpaired) electrons. The van der Waals surface area contributed by atoms with E-state index in [0.717, 1.165) is 17.4 Å². The van der Waals surface area contributed by atoms with E-state index in [4.69, 9.17) is 4.74 Å². The van der Waals surface area contributed by atoms with Crippen LogP contribution >= 0.6 is 0 Å². The van der Waals surface area contributed by atoms with Crippen LogP contribution in [0.1, 0.15) is 16.7 Å². The minimum Gasteiger partial charge on any atom is -0.493 e. The highest BCUT2D eigenvalue weighted by Crippen LogP contribution is 2.30. The Morgan fingerprint density at radius 1 is 1.04 bits per heavy atom. The molecule has 0 aliphatic heterocycles. The molecule has 0 spiro atoms. The number of alkyl halides is 3. The van der Waals surface area contributed by atoms with Crippen LogP contribution in [0.15, 0.2) is 60.9 Å². The van der Waals surface area contributed by atoms with Crippen LogP contribution in [-0.2, 0) is 25.6 Å². The minimum absolute atomic E-state index is 0.0472. The van der Waals surface area contributed by atoms with E-state index in [9.17, 15) is 21.6 Å². The topological polar surface area (TPSA) is 52.6 Å². The highest BCUT2D eigenvalue weighted by Gasteiger charge is 2.49. The van der Waals surface area contributed by atoms with Crippen molar-refractivity contribution in [1.29, 1.82) is 0 Å². The van der Waals surface area contributed by atoms with Gasteiger partial charge in [0.05, 0.1) is 0 Å². The van der Waals surface area contributed by atoms with E-state index in [2.05, 4.69) is 4.18 Å². The Morgan fingerprint density at radius 2 is 1.64 bits per heavy atom. The van der Waals surface area contributed by atoms with Gasteiger partial charge in [-0.25, -0.2) is 0 Å². The van der Waals surface area contributed by atoms with Crippen LogP contribution in [-0.4, -0.2) is 13.9 Å². The third-order valence-electron chi connectivity index (χ3n) is 3.10. The number of ether oxygens (including phenoxy) is 1. The van der Waals surface area contributed by atoms with Gasteiger partial charge in [0.1, 0.15) is 12.9 Å². The first-order valence-electron chi connectivity index (χ1n) is 7.12. The van der Waals surface area contributed by atoms with E-state index in [0.29, 0.717) is 0 Å². The van der Waals surface area contributed by atoms with Crippen molar-refractivity contribution in [3.05, 3.63) is 77.5 Å². The molecular formula is C17H15F3O4S. The van der Waals surface area contributed by atoms with Crippen molar-refractivity contribution in [3.63, 3.8) is 0 Å². The fourth-order valence-electron chi connectivity index (χ4n) is 1.81. The second-order valence-corrected chi connectivity index (χ2v) is 6.67. The zero-order chi connectivity index (χ0) is 18.5. The number of hydrogen-bond acceptors (Lipinski definition) is 4. The summed E-state index contributed by atoms with van der Waals surface area (Å²) in [6, 6.07) is 15.0. The standard InChI is InChI=1S/C17H15F3O4S/c1-13-7-9-15(10-8-13)16(24-25(21,22)17(18,19)20)12-23-11-14-5-3-2-4-6-14/h2-10,12H,11H2,1H3/b16-12-. The van der Waals surface area contributed by atoms with Gasteiger partial charge < -0.3 is 8.92 Å². The summed E-state index contributed by atoms with van der Waals surface area (Å²) in [6.07, 6.45) is 0.862. The zero-order valence-electron chi connectivity index (χ0n) is 13.2. The van der Waals surface area contributed by atoms with Crippen molar-refractivity contribution in [2.24, 2.45) is 0 Å². The number of benzene rings is 2. The summed E-state index contributed by atoms with van der Waals surface area (Å²) in [5.74, 6) is -0.548. The molecule has 4 nitrogen and oxygen atoms in total. The molecule has 0 N–H and O–H groups in total.